The Morgan fingerprint density at radius 1 is 1.00 bits per heavy atom. The summed E-state index contributed by atoms with van der Waals surface area (Å²) in [4.78, 5) is 39.5. The van der Waals surface area contributed by atoms with Gasteiger partial charge in [0.2, 0.25) is 5.91 Å². The minimum atomic E-state index is -0.661. The molecule has 0 saturated heterocycles. The molecule has 2 N–H and O–H groups in total. The molecule has 0 radical (unpaired) electrons. The summed E-state index contributed by atoms with van der Waals surface area (Å²) >= 11 is 0. The van der Waals surface area contributed by atoms with Crippen LogP contribution in [0.3, 0.4) is 0 Å². The van der Waals surface area contributed by atoms with Gasteiger partial charge in [-0.05, 0) is 67.2 Å². The topological polar surface area (TPSA) is 86.7 Å². The zero-order chi connectivity index (χ0) is 25.8. The number of carbonyl (C=O) groups is 3. The van der Waals surface area contributed by atoms with Crippen molar-refractivity contribution >= 4 is 17.8 Å². The molecule has 196 valence electrons. The highest BCUT2D eigenvalue weighted by atomic mass is 16.4. The maximum absolute atomic E-state index is 13.3. The van der Waals surface area contributed by atoms with Crippen molar-refractivity contribution in [3.8, 4) is 0 Å². The first-order valence-corrected chi connectivity index (χ1v) is 13.9. The van der Waals surface area contributed by atoms with E-state index >= 15 is 0 Å². The van der Waals surface area contributed by atoms with Crippen LogP contribution in [0, 0.1) is 11.3 Å². The molecule has 3 aliphatic rings. The Balaban J connectivity index is 1.17. The van der Waals surface area contributed by atoms with Gasteiger partial charge in [0.25, 0.3) is 5.91 Å². The Bertz CT molecular complexity index is 1130. The second-order valence-electron chi connectivity index (χ2n) is 11.3. The first-order valence-electron chi connectivity index (χ1n) is 13.9. The number of nitrogens with zero attached hydrogens (tertiary/aromatic N) is 1. The number of carbonyl (C=O) groups excluding carboxylic acids is 2. The standard InChI is InChI=1S/C31H38N2O4/c34-28(32-19-6-5-16-31(30(36)37)17-7-18-31)27(23-8-1-2-9-23)24-14-12-22(13-15-24)20-33-21-25-10-3-4-11-26(25)29(33)35/h3-4,10-15,23,27H,1-2,5-9,16-21H2,(H,32,34)(H,36,37). The number of hydrogen-bond acceptors (Lipinski definition) is 3. The van der Waals surface area contributed by atoms with Crippen molar-refractivity contribution < 1.29 is 19.5 Å². The average Bonchev–Trinajstić information content (AvgIpc) is 3.50. The van der Waals surface area contributed by atoms with E-state index in [1.54, 1.807) is 0 Å². The first-order chi connectivity index (χ1) is 18.0. The second-order valence-corrected chi connectivity index (χ2v) is 11.3. The third-order valence-corrected chi connectivity index (χ3v) is 8.91. The summed E-state index contributed by atoms with van der Waals surface area (Å²) in [5.74, 6) is -0.306. The maximum Gasteiger partial charge on any atom is 0.309 e. The first kappa shape index (κ1) is 25.5. The molecular formula is C31H38N2O4. The monoisotopic (exact) mass is 502 g/mol. The number of hydrogen-bond donors (Lipinski definition) is 2. The summed E-state index contributed by atoms with van der Waals surface area (Å²) in [5.41, 5.74) is 3.47. The number of carboxylic acid groups (broad SMARTS) is 1. The summed E-state index contributed by atoms with van der Waals surface area (Å²) in [6.45, 7) is 1.79. The number of nitrogens with one attached hydrogen (secondary N) is 1. The van der Waals surface area contributed by atoms with Crippen LogP contribution in [-0.2, 0) is 22.7 Å². The highest BCUT2D eigenvalue weighted by Crippen LogP contribution is 2.45. The Kier molecular flexibility index (Phi) is 7.63. The third-order valence-electron chi connectivity index (χ3n) is 8.91. The Hall–Kier alpha value is -3.15. The number of benzene rings is 2. The van der Waals surface area contributed by atoms with Crippen LogP contribution < -0.4 is 5.32 Å². The van der Waals surface area contributed by atoms with Crippen LogP contribution >= 0.6 is 0 Å². The fourth-order valence-corrected chi connectivity index (χ4v) is 6.51. The fourth-order valence-electron chi connectivity index (χ4n) is 6.51. The largest absolute Gasteiger partial charge is 0.481 e. The summed E-state index contributed by atoms with van der Waals surface area (Å²) in [6, 6.07) is 16.0. The fraction of sp³-hybridized carbons (Fsp3) is 0.516. The molecule has 6 heteroatoms. The number of carboxylic acids is 1. The van der Waals surface area contributed by atoms with Gasteiger partial charge in [-0.25, -0.2) is 0 Å². The zero-order valence-corrected chi connectivity index (χ0v) is 21.6. The quantitative estimate of drug-likeness (QED) is 0.388. The second kappa shape index (κ2) is 11.1. The van der Waals surface area contributed by atoms with Gasteiger partial charge in [0.1, 0.15) is 0 Å². The molecule has 6 nitrogen and oxygen atoms in total. The van der Waals surface area contributed by atoms with Gasteiger partial charge >= 0.3 is 5.97 Å². The SMILES string of the molecule is O=C(NCCCCC1(C(=O)O)CCC1)C(c1ccc(CN2Cc3ccccc3C2=O)cc1)C1CCCC1. The maximum atomic E-state index is 13.3. The van der Waals surface area contributed by atoms with Crippen LogP contribution in [0.15, 0.2) is 48.5 Å². The molecule has 0 spiro atoms. The van der Waals surface area contributed by atoms with E-state index in [1.807, 2.05) is 29.2 Å². The van der Waals surface area contributed by atoms with E-state index in [0.29, 0.717) is 32.0 Å². The number of rotatable bonds is 11. The van der Waals surface area contributed by atoms with Gasteiger partial charge in [-0.1, -0.05) is 68.1 Å². The molecule has 2 amide bonds. The number of amides is 2. The predicted molar refractivity (Wildman–Crippen MR) is 142 cm³/mol. The van der Waals surface area contributed by atoms with Gasteiger partial charge in [0.05, 0.1) is 11.3 Å². The molecular weight excluding hydrogens is 464 g/mol. The number of unbranched alkanes of at least 4 members (excludes halogenated alkanes) is 1. The molecule has 2 aromatic carbocycles. The molecule has 1 aliphatic heterocycles. The van der Waals surface area contributed by atoms with Crippen molar-refractivity contribution in [2.24, 2.45) is 11.3 Å². The highest BCUT2D eigenvalue weighted by molar-refractivity contribution is 5.98. The summed E-state index contributed by atoms with van der Waals surface area (Å²) < 4.78 is 0. The molecule has 2 aliphatic carbocycles. The lowest BCUT2D eigenvalue weighted by atomic mass is 9.66. The Morgan fingerprint density at radius 3 is 2.38 bits per heavy atom. The van der Waals surface area contributed by atoms with Crippen LogP contribution in [0.25, 0.3) is 0 Å². The Morgan fingerprint density at radius 2 is 1.73 bits per heavy atom. The van der Waals surface area contributed by atoms with Crippen molar-refractivity contribution in [2.45, 2.75) is 83.2 Å². The molecule has 1 unspecified atom stereocenters. The highest BCUT2D eigenvalue weighted by Gasteiger charge is 2.43. The molecule has 2 fully saturated rings. The van der Waals surface area contributed by atoms with E-state index in [-0.39, 0.29) is 17.7 Å². The average molecular weight is 503 g/mol. The van der Waals surface area contributed by atoms with E-state index in [0.717, 1.165) is 67.2 Å². The van der Waals surface area contributed by atoms with Gasteiger partial charge in [-0.2, -0.15) is 0 Å². The lowest BCUT2D eigenvalue weighted by Crippen LogP contribution is -2.38. The molecule has 0 aromatic heterocycles. The predicted octanol–water partition coefficient (Wildman–Crippen LogP) is 5.66. The zero-order valence-electron chi connectivity index (χ0n) is 21.6. The molecule has 0 bridgehead atoms. The minimum Gasteiger partial charge on any atom is -0.481 e. The third kappa shape index (κ3) is 5.43. The molecule has 37 heavy (non-hydrogen) atoms. The number of fused-ring (bicyclic) bond motifs is 1. The molecule has 2 saturated carbocycles. The van der Waals surface area contributed by atoms with E-state index in [1.165, 1.54) is 12.8 Å². The summed E-state index contributed by atoms with van der Waals surface area (Å²) in [6.07, 6.45) is 9.40. The molecule has 2 aromatic rings. The Labute approximate surface area is 219 Å². The van der Waals surface area contributed by atoms with E-state index in [9.17, 15) is 19.5 Å². The minimum absolute atomic E-state index is 0.0782. The lowest BCUT2D eigenvalue weighted by Gasteiger charge is -2.37. The van der Waals surface area contributed by atoms with Gasteiger partial charge in [-0.15, -0.1) is 0 Å². The van der Waals surface area contributed by atoms with E-state index in [4.69, 9.17) is 0 Å². The van der Waals surface area contributed by atoms with Crippen LogP contribution in [0.4, 0.5) is 0 Å². The van der Waals surface area contributed by atoms with Crippen molar-refractivity contribution in [2.75, 3.05) is 6.54 Å². The number of aliphatic carboxylic acids is 1. The summed E-state index contributed by atoms with van der Waals surface area (Å²) in [5, 5.41) is 12.7. The van der Waals surface area contributed by atoms with E-state index < -0.39 is 11.4 Å². The van der Waals surface area contributed by atoms with Crippen molar-refractivity contribution in [3.05, 3.63) is 70.8 Å². The molecule has 1 atom stereocenters. The van der Waals surface area contributed by atoms with Crippen molar-refractivity contribution in [1.29, 1.82) is 0 Å². The van der Waals surface area contributed by atoms with Crippen LogP contribution in [0.1, 0.15) is 97.2 Å². The van der Waals surface area contributed by atoms with Crippen LogP contribution in [0.5, 0.6) is 0 Å². The van der Waals surface area contributed by atoms with Gasteiger partial charge in [0.15, 0.2) is 0 Å². The lowest BCUT2D eigenvalue weighted by molar-refractivity contribution is -0.155. The van der Waals surface area contributed by atoms with Crippen molar-refractivity contribution in [1.82, 2.24) is 10.2 Å². The van der Waals surface area contributed by atoms with Crippen LogP contribution in [0.2, 0.25) is 0 Å². The van der Waals surface area contributed by atoms with Gasteiger partial charge in [-0.3, -0.25) is 14.4 Å². The van der Waals surface area contributed by atoms with Crippen LogP contribution in [-0.4, -0.2) is 34.3 Å². The molecule has 5 rings (SSSR count). The van der Waals surface area contributed by atoms with E-state index in [2.05, 4.69) is 29.6 Å². The normalized spacial score (nSPS) is 19.4. The van der Waals surface area contributed by atoms with Crippen molar-refractivity contribution in [3.63, 3.8) is 0 Å². The summed E-state index contributed by atoms with van der Waals surface area (Å²) in [7, 11) is 0. The van der Waals surface area contributed by atoms with Gasteiger partial charge in [0, 0.05) is 25.2 Å². The smallest absolute Gasteiger partial charge is 0.309 e. The van der Waals surface area contributed by atoms with Gasteiger partial charge < -0.3 is 15.3 Å². The molecule has 1 heterocycles.